The molecule has 2 N–H and O–H groups in total. The van der Waals surface area contributed by atoms with Crippen molar-refractivity contribution in [2.75, 3.05) is 82.3 Å². The first-order chi connectivity index (χ1) is 22.5. The van der Waals surface area contributed by atoms with Gasteiger partial charge in [0, 0.05) is 79.6 Å². The standard InChI is InChI=1S/C35H46BrN8O2P/c1-7-24-8-9-26-28(38-24)10-11-29(33(26)47(5,6)45)39-34-27(36)22-37-35(41-34)40-30-21-32(46-4)31(20-23(30)2)44-14-12-25(13-15-44)43-18-16-42(3)17-19-43/h8-11,20-22,25H,7,12-19H2,1-6H3,(H2,37,39,40,41). The number of nitrogens with one attached hydrogen (secondary N) is 2. The van der Waals surface area contributed by atoms with Gasteiger partial charge in [0.2, 0.25) is 5.95 Å². The number of halogens is 1. The molecule has 0 aliphatic carbocycles. The molecule has 2 aliphatic heterocycles. The van der Waals surface area contributed by atoms with Crippen LogP contribution in [0.15, 0.2) is 47.1 Å². The normalized spacial score (nSPS) is 16.9. The maximum atomic E-state index is 13.6. The second-order valence-corrected chi connectivity index (χ2v) is 17.1. The lowest BCUT2D eigenvalue weighted by atomic mass is 10.0. The van der Waals surface area contributed by atoms with Gasteiger partial charge < -0.3 is 29.7 Å². The number of aromatic nitrogens is 3. The van der Waals surface area contributed by atoms with Crippen molar-refractivity contribution < 1.29 is 9.30 Å². The molecule has 47 heavy (non-hydrogen) atoms. The molecular weight excluding hydrogens is 675 g/mol. The third kappa shape index (κ3) is 7.43. The SMILES string of the molecule is CCc1ccc2c(P(C)(C)=O)c(Nc3nc(Nc4cc(OC)c(N5CCC(N6CCN(C)CC6)CC5)cc4C)ncc3Br)ccc2n1. The van der Waals surface area contributed by atoms with E-state index in [4.69, 9.17) is 14.7 Å². The second-order valence-electron chi connectivity index (χ2n) is 13.1. The Kier molecular flexibility index (Phi) is 10.1. The lowest BCUT2D eigenvalue weighted by Crippen LogP contribution is -2.52. The molecule has 2 saturated heterocycles. The Bertz CT molecular complexity index is 1800. The maximum Gasteiger partial charge on any atom is 0.229 e. The van der Waals surface area contributed by atoms with Gasteiger partial charge in [-0.15, -0.1) is 0 Å². The van der Waals surface area contributed by atoms with Gasteiger partial charge in [-0.1, -0.05) is 13.0 Å². The molecule has 2 fully saturated rings. The van der Waals surface area contributed by atoms with E-state index in [0.29, 0.717) is 22.3 Å². The van der Waals surface area contributed by atoms with E-state index in [1.54, 1.807) is 26.6 Å². The summed E-state index contributed by atoms with van der Waals surface area (Å²) in [5.74, 6) is 1.84. The van der Waals surface area contributed by atoms with E-state index in [-0.39, 0.29) is 0 Å². The number of piperidine rings is 1. The molecule has 4 aromatic rings. The number of hydrogen-bond donors (Lipinski definition) is 2. The Morgan fingerprint density at radius 3 is 2.40 bits per heavy atom. The van der Waals surface area contributed by atoms with Crippen LogP contribution in [0.2, 0.25) is 0 Å². The van der Waals surface area contributed by atoms with Crippen molar-refractivity contribution in [2.45, 2.75) is 39.2 Å². The molecule has 0 amide bonds. The molecular formula is C35H46BrN8O2P. The van der Waals surface area contributed by atoms with Crippen LogP contribution in [-0.2, 0) is 11.0 Å². The molecule has 2 aromatic carbocycles. The first-order valence-corrected chi connectivity index (χ1v) is 19.8. The summed E-state index contributed by atoms with van der Waals surface area (Å²) in [5.41, 5.74) is 5.66. The molecule has 2 aromatic heterocycles. The number of anilines is 5. The van der Waals surface area contributed by atoms with Crippen molar-refractivity contribution in [1.82, 2.24) is 24.8 Å². The fourth-order valence-corrected chi connectivity index (χ4v) is 8.52. The van der Waals surface area contributed by atoms with Gasteiger partial charge in [-0.05, 0) is 92.3 Å². The van der Waals surface area contributed by atoms with Gasteiger partial charge in [0.25, 0.3) is 0 Å². The van der Waals surface area contributed by atoms with Crippen LogP contribution < -0.4 is 25.6 Å². The van der Waals surface area contributed by atoms with Gasteiger partial charge in [0.05, 0.1) is 28.5 Å². The Labute approximate surface area is 286 Å². The minimum atomic E-state index is -2.69. The zero-order valence-corrected chi connectivity index (χ0v) is 30.8. The predicted molar refractivity (Wildman–Crippen MR) is 199 cm³/mol. The van der Waals surface area contributed by atoms with Crippen LogP contribution in [-0.4, -0.2) is 97.5 Å². The zero-order valence-electron chi connectivity index (χ0n) is 28.3. The molecule has 4 heterocycles. The highest BCUT2D eigenvalue weighted by Gasteiger charge is 2.28. The number of rotatable bonds is 9. The van der Waals surface area contributed by atoms with Crippen molar-refractivity contribution in [2.24, 2.45) is 0 Å². The molecule has 10 nitrogen and oxygen atoms in total. The number of benzene rings is 2. The van der Waals surface area contributed by atoms with Crippen molar-refractivity contribution in [3.05, 3.63) is 58.3 Å². The molecule has 2 aliphatic rings. The van der Waals surface area contributed by atoms with E-state index in [9.17, 15) is 4.57 Å². The number of nitrogens with zero attached hydrogens (tertiary/aromatic N) is 6. The Morgan fingerprint density at radius 1 is 0.979 bits per heavy atom. The van der Waals surface area contributed by atoms with Crippen molar-refractivity contribution in [3.63, 3.8) is 0 Å². The third-order valence-electron chi connectivity index (χ3n) is 9.43. The van der Waals surface area contributed by atoms with Crippen LogP contribution in [0, 0.1) is 6.92 Å². The number of methoxy groups -OCH3 is 1. The highest BCUT2D eigenvalue weighted by atomic mass is 79.9. The summed E-state index contributed by atoms with van der Waals surface area (Å²) in [6, 6.07) is 12.8. The highest BCUT2D eigenvalue weighted by Crippen LogP contribution is 2.42. The van der Waals surface area contributed by atoms with Crippen LogP contribution >= 0.6 is 23.1 Å². The quantitative estimate of drug-likeness (QED) is 0.184. The molecule has 250 valence electrons. The summed E-state index contributed by atoms with van der Waals surface area (Å²) in [7, 11) is 1.25. The summed E-state index contributed by atoms with van der Waals surface area (Å²) >= 11 is 3.61. The molecule has 0 radical (unpaired) electrons. The van der Waals surface area contributed by atoms with Gasteiger partial charge in [-0.25, -0.2) is 4.98 Å². The largest absolute Gasteiger partial charge is 0.495 e. The van der Waals surface area contributed by atoms with Crippen LogP contribution in [0.5, 0.6) is 5.75 Å². The second kappa shape index (κ2) is 14.1. The number of ether oxygens (including phenoxy) is 1. The molecule has 0 spiro atoms. The topological polar surface area (TPSA) is 98.7 Å². The fraction of sp³-hybridized carbons (Fsp3) is 0.457. The number of fused-ring (bicyclic) bond motifs is 1. The first kappa shape index (κ1) is 33.7. The highest BCUT2D eigenvalue weighted by molar-refractivity contribution is 9.10. The van der Waals surface area contributed by atoms with E-state index in [1.165, 1.54) is 0 Å². The maximum absolute atomic E-state index is 13.6. The smallest absolute Gasteiger partial charge is 0.229 e. The van der Waals surface area contributed by atoms with Crippen molar-refractivity contribution in [1.29, 1.82) is 0 Å². The average Bonchev–Trinajstić information content (AvgIpc) is 3.06. The van der Waals surface area contributed by atoms with Crippen molar-refractivity contribution >= 4 is 68.1 Å². The summed E-state index contributed by atoms with van der Waals surface area (Å²) < 4.78 is 20.2. The summed E-state index contributed by atoms with van der Waals surface area (Å²) in [6.07, 6.45) is 4.88. The zero-order chi connectivity index (χ0) is 33.3. The number of pyridine rings is 1. The van der Waals surface area contributed by atoms with Gasteiger partial charge in [0.15, 0.2) is 0 Å². The molecule has 0 bridgehead atoms. The van der Waals surface area contributed by atoms with E-state index in [2.05, 4.69) is 73.2 Å². The van der Waals surface area contributed by atoms with E-state index < -0.39 is 7.14 Å². The predicted octanol–water partition coefficient (Wildman–Crippen LogP) is 6.62. The van der Waals surface area contributed by atoms with Gasteiger partial charge in [-0.2, -0.15) is 4.98 Å². The van der Waals surface area contributed by atoms with Crippen LogP contribution in [0.25, 0.3) is 10.9 Å². The van der Waals surface area contributed by atoms with Crippen LogP contribution in [0.4, 0.5) is 28.8 Å². The Morgan fingerprint density at radius 2 is 1.72 bits per heavy atom. The molecule has 6 rings (SSSR count). The van der Waals surface area contributed by atoms with Gasteiger partial charge >= 0.3 is 0 Å². The number of aryl methyl sites for hydroxylation is 2. The van der Waals surface area contributed by atoms with Crippen LogP contribution in [0.3, 0.4) is 0 Å². The van der Waals surface area contributed by atoms with Crippen LogP contribution in [0.1, 0.15) is 31.0 Å². The monoisotopic (exact) mass is 720 g/mol. The molecule has 12 heteroatoms. The first-order valence-electron chi connectivity index (χ1n) is 16.4. The molecule has 0 atom stereocenters. The number of likely N-dealkylation sites (N-methyl/N-ethyl adjacent to an activating group) is 1. The molecule has 0 unspecified atom stereocenters. The fourth-order valence-electron chi connectivity index (χ4n) is 6.75. The third-order valence-corrected chi connectivity index (χ3v) is 11.6. The lowest BCUT2D eigenvalue weighted by Gasteiger charge is -2.42. The van der Waals surface area contributed by atoms with E-state index >= 15 is 0 Å². The summed E-state index contributed by atoms with van der Waals surface area (Å²) in [6.45, 7) is 14.4. The minimum Gasteiger partial charge on any atom is -0.495 e. The minimum absolute atomic E-state index is 0.439. The Hall–Kier alpha value is -3.24. The molecule has 0 saturated carbocycles. The van der Waals surface area contributed by atoms with Gasteiger partial charge in [-0.3, -0.25) is 9.88 Å². The van der Waals surface area contributed by atoms with E-state index in [1.807, 2.05) is 30.3 Å². The number of hydrogen-bond acceptors (Lipinski definition) is 10. The average molecular weight is 722 g/mol. The summed E-state index contributed by atoms with van der Waals surface area (Å²) in [4.78, 5) is 21.7. The van der Waals surface area contributed by atoms with E-state index in [0.717, 1.165) is 109 Å². The summed E-state index contributed by atoms with van der Waals surface area (Å²) in [5, 5.41) is 8.49. The van der Waals surface area contributed by atoms with Gasteiger partial charge in [0.1, 0.15) is 18.7 Å². The number of piperazine rings is 1. The van der Waals surface area contributed by atoms with Crippen molar-refractivity contribution in [3.8, 4) is 5.75 Å². The lowest BCUT2D eigenvalue weighted by molar-refractivity contribution is 0.0981. The Balaban J connectivity index is 1.21.